The van der Waals surface area contributed by atoms with Crippen molar-refractivity contribution in [2.45, 2.75) is 13.8 Å². The van der Waals surface area contributed by atoms with Crippen LogP contribution in [0, 0.1) is 0 Å². The zero-order valence-electron chi connectivity index (χ0n) is 13.2. The van der Waals surface area contributed by atoms with Crippen molar-refractivity contribution >= 4 is 22.5 Å². The number of benzene rings is 2. The predicted octanol–water partition coefficient (Wildman–Crippen LogP) is 4.17. The Morgan fingerprint density at radius 2 is 1.57 bits per heavy atom. The van der Waals surface area contributed by atoms with E-state index < -0.39 is 0 Å². The fourth-order valence-corrected chi connectivity index (χ4v) is 2.29. The number of ether oxygens (including phenoxy) is 2. The molecule has 3 rings (SSSR count). The van der Waals surface area contributed by atoms with Crippen LogP contribution in [0.15, 0.2) is 48.7 Å². The van der Waals surface area contributed by atoms with E-state index >= 15 is 0 Å². The van der Waals surface area contributed by atoms with Gasteiger partial charge in [-0.05, 0) is 26.0 Å². The average molecular weight is 309 g/mol. The molecule has 118 valence electrons. The third-order valence-electron chi connectivity index (χ3n) is 3.25. The summed E-state index contributed by atoms with van der Waals surface area (Å²) in [5, 5.41) is 3.24. The van der Waals surface area contributed by atoms with Crippen molar-refractivity contribution in [1.29, 1.82) is 0 Å². The molecule has 1 N–H and O–H groups in total. The molecule has 2 aromatic carbocycles. The average Bonchev–Trinajstić information content (AvgIpc) is 2.57. The van der Waals surface area contributed by atoms with Crippen LogP contribution in [0.1, 0.15) is 13.8 Å². The monoisotopic (exact) mass is 309 g/mol. The minimum absolute atomic E-state index is 0.570. The van der Waals surface area contributed by atoms with Gasteiger partial charge >= 0.3 is 0 Å². The van der Waals surface area contributed by atoms with E-state index in [1.165, 1.54) is 0 Å². The van der Waals surface area contributed by atoms with Crippen LogP contribution in [0.3, 0.4) is 0 Å². The molecule has 1 aromatic heterocycles. The van der Waals surface area contributed by atoms with Gasteiger partial charge in [0.15, 0.2) is 11.5 Å². The van der Waals surface area contributed by atoms with Gasteiger partial charge in [0.1, 0.15) is 5.82 Å². The van der Waals surface area contributed by atoms with Gasteiger partial charge in [-0.25, -0.2) is 4.98 Å². The molecule has 3 aromatic rings. The molecule has 0 fully saturated rings. The molecule has 0 radical (unpaired) electrons. The van der Waals surface area contributed by atoms with Gasteiger partial charge in [-0.15, -0.1) is 0 Å². The summed E-state index contributed by atoms with van der Waals surface area (Å²) in [4.78, 5) is 9.07. The number of hydrogen-bond acceptors (Lipinski definition) is 5. The molecule has 5 nitrogen and oxygen atoms in total. The Morgan fingerprint density at radius 1 is 0.913 bits per heavy atom. The van der Waals surface area contributed by atoms with Crippen molar-refractivity contribution in [3.8, 4) is 11.5 Å². The first-order valence-electron chi connectivity index (χ1n) is 7.68. The number of nitrogens with zero attached hydrogens (tertiary/aromatic N) is 2. The van der Waals surface area contributed by atoms with Crippen molar-refractivity contribution in [1.82, 2.24) is 9.97 Å². The van der Waals surface area contributed by atoms with Crippen LogP contribution >= 0.6 is 0 Å². The molecule has 0 atom stereocenters. The molecule has 0 saturated heterocycles. The van der Waals surface area contributed by atoms with Crippen LogP contribution < -0.4 is 14.8 Å². The molecule has 5 heteroatoms. The third-order valence-corrected chi connectivity index (χ3v) is 3.25. The fraction of sp³-hybridized carbons (Fsp3) is 0.222. The van der Waals surface area contributed by atoms with Crippen molar-refractivity contribution in [2.75, 3.05) is 18.5 Å². The number of fused-ring (bicyclic) bond motifs is 1. The highest BCUT2D eigenvalue weighted by Gasteiger charge is 2.10. The summed E-state index contributed by atoms with van der Waals surface area (Å²) in [6.07, 6.45) is 1.71. The summed E-state index contributed by atoms with van der Waals surface area (Å²) in [6, 6.07) is 13.6. The number of anilines is 2. The first-order chi connectivity index (χ1) is 11.3. The van der Waals surface area contributed by atoms with Gasteiger partial charge in [0.05, 0.1) is 30.4 Å². The van der Waals surface area contributed by atoms with Crippen LogP contribution in [-0.4, -0.2) is 23.2 Å². The Morgan fingerprint density at radius 3 is 2.22 bits per heavy atom. The standard InChI is InChI=1S/C18H19N3O2/c1-3-22-16-10-14-15(11-17(16)23-4-2)21-18(12-19-14)20-13-8-6-5-7-9-13/h5-12H,3-4H2,1-2H3,(H,20,21). The molecule has 0 saturated carbocycles. The quantitative estimate of drug-likeness (QED) is 0.740. The number of nitrogens with one attached hydrogen (secondary N) is 1. The molecule has 0 bridgehead atoms. The van der Waals surface area contributed by atoms with Crippen LogP contribution in [0.2, 0.25) is 0 Å². The maximum atomic E-state index is 5.64. The van der Waals surface area contributed by atoms with Gasteiger partial charge in [0, 0.05) is 17.8 Å². The van der Waals surface area contributed by atoms with Gasteiger partial charge in [-0.2, -0.15) is 0 Å². The number of para-hydroxylation sites is 1. The summed E-state index contributed by atoms with van der Waals surface area (Å²) >= 11 is 0. The molecule has 0 unspecified atom stereocenters. The second kappa shape index (κ2) is 6.96. The summed E-state index contributed by atoms with van der Waals surface area (Å²) in [5.41, 5.74) is 2.51. The Hall–Kier alpha value is -2.82. The maximum absolute atomic E-state index is 5.64. The topological polar surface area (TPSA) is 56.3 Å². The molecular formula is C18H19N3O2. The Bertz CT molecular complexity index is 791. The smallest absolute Gasteiger partial charge is 0.163 e. The minimum atomic E-state index is 0.570. The van der Waals surface area contributed by atoms with Crippen molar-refractivity contribution in [3.63, 3.8) is 0 Å². The van der Waals surface area contributed by atoms with Crippen molar-refractivity contribution < 1.29 is 9.47 Å². The molecule has 0 aliphatic heterocycles. The highest BCUT2D eigenvalue weighted by molar-refractivity contribution is 5.80. The van der Waals surface area contributed by atoms with E-state index in [0.717, 1.165) is 16.7 Å². The maximum Gasteiger partial charge on any atom is 0.163 e. The lowest BCUT2D eigenvalue weighted by Gasteiger charge is -2.12. The SMILES string of the molecule is CCOc1cc2ncc(Nc3ccccc3)nc2cc1OCC. The third kappa shape index (κ3) is 3.51. The van der Waals surface area contributed by atoms with Gasteiger partial charge in [0.25, 0.3) is 0 Å². The normalized spacial score (nSPS) is 10.5. The van der Waals surface area contributed by atoms with Gasteiger partial charge in [0.2, 0.25) is 0 Å². The van der Waals surface area contributed by atoms with Crippen LogP contribution in [0.4, 0.5) is 11.5 Å². The van der Waals surface area contributed by atoms with Crippen LogP contribution in [0.25, 0.3) is 11.0 Å². The van der Waals surface area contributed by atoms with E-state index in [9.17, 15) is 0 Å². The number of rotatable bonds is 6. The van der Waals surface area contributed by atoms with E-state index in [-0.39, 0.29) is 0 Å². The van der Waals surface area contributed by atoms with Crippen LogP contribution in [-0.2, 0) is 0 Å². The van der Waals surface area contributed by atoms with Crippen molar-refractivity contribution in [2.24, 2.45) is 0 Å². The zero-order valence-corrected chi connectivity index (χ0v) is 13.2. The lowest BCUT2D eigenvalue weighted by Crippen LogP contribution is -2.00. The Kier molecular flexibility index (Phi) is 4.57. The summed E-state index contributed by atoms with van der Waals surface area (Å²) in [7, 11) is 0. The van der Waals surface area contributed by atoms with E-state index in [4.69, 9.17) is 9.47 Å². The Balaban J connectivity index is 1.96. The summed E-state index contributed by atoms with van der Waals surface area (Å²) in [5.74, 6) is 2.07. The summed E-state index contributed by atoms with van der Waals surface area (Å²) in [6.45, 7) is 5.03. The highest BCUT2D eigenvalue weighted by Crippen LogP contribution is 2.31. The van der Waals surface area contributed by atoms with Crippen LogP contribution in [0.5, 0.6) is 11.5 Å². The van der Waals surface area contributed by atoms with Gasteiger partial charge in [-0.3, -0.25) is 4.98 Å². The molecule has 1 heterocycles. The largest absolute Gasteiger partial charge is 0.490 e. The first-order valence-corrected chi connectivity index (χ1v) is 7.68. The molecule has 23 heavy (non-hydrogen) atoms. The predicted molar refractivity (Wildman–Crippen MR) is 91.6 cm³/mol. The van der Waals surface area contributed by atoms with Gasteiger partial charge in [-0.1, -0.05) is 18.2 Å². The van der Waals surface area contributed by atoms with E-state index in [2.05, 4.69) is 15.3 Å². The summed E-state index contributed by atoms with van der Waals surface area (Å²) < 4.78 is 11.3. The van der Waals surface area contributed by atoms with Gasteiger partial charge < -0.3 is 14.8 Å². The number of aromatic nitrogens is 2. The molecule has 0 aliphatic rings. The minimum Gasteiger partial charge on any atom is -0.490 e. The second-order valence-electron chi connectivity index (χ2n) is 4.90. The van der Waals surface area contributed by atoms with Crippen molar-refractivity contribution in [3.05, 3.63) is 48.7 Å². The molecule has 0 amide bonds. The highest BCUT2D eigenvalue weighted by atomic mass is 16.5. The van der Waals surface area contributed by atoms with E-state index in [0.29, 0.717) is 30.5 Å². The van der Waals surface area contributed by atoms with E-state index in [1.54, 1.807) is 6.20 Å². The molecule has 0 spiro atoms. The zero-order chi connectivity index (χ0) is 16.1. The Labute approximate surface area is 135 Å². The molecule has 0 aliphatic carbocycles. The lowest BCUT2D eigenvalue weighted by molar-refractivity contribution is 0.288. The molecular weight excluding hydrogens is 290 g/mol. The second-order valence-corrected chi connectivity index (χ2v) is 4.90. The van der Waals surface area contributed by atoms with E-state index in [1.807, 2.05) is 56.3 Å². The first kappa shape index (κ1) is 15.1. The number of hydrogen-bond donors (Lipinski definition) is 1. The lowest BCUT2D eigenvalue weighted by atomic mass is 10.2. The fourth-order valence-electron chi connectivity index (χ4n) is 2.29.